The van der Waals surface area contributed by atoms with E-state index < -0.39 is 11.9 Å². The Morgan fingerprint density at radius 2 is 2.14 bits per heavy atom. The minimum Gasteiger partial charge on any atom is -0.251 e. The number of hydrogen-bond acceptors (Lipinski definition) is 2. The Morgan fingerprint density at radius 3 is 2.57 bits per heavy atom. The van der Waals surface area contributed by atoms with Crippen molar-refractivity contribution in [1.82, 2.24) is 4.98 Å². The fraction of sp³-hybridized carbons (Fsp3) is 0.375. The zero-order chi connectivity index (χ0) is 10.8. The summed E-state index contributed by atoms with van der Waals surface area (Å²) in [5.74, 6) is 0. The second kappa shape index (κ2) is 4.40. The molecule has 78 valence electrons. The zero-order valence-electron chi connectivity index (χ0n) is 7.23. The van der Waals surface area contributed by atoms with Crippen LogP contribution in [-0.4, -0.2) is 4.98 Å². The van der Waals surface area contributed by atoms with E-state index in [1.165, 1.54) is 0 Å². The van der Waals surface area contributed by atoms with Gasteiger partial charge in [-0.2, -0.15) is 13.2 Å². The van der Waals surface area contributed by atoms with Crippen molar-refractivity contribution in [2.24, 2.45) is 0 Å². The number of nitrogens with zero attached hydrogens (tertiary/aromatic N) is 1. The molecule has 0 aromatic carbocycles. The fourth-order valence-corrected chi connectivity index (χ4v) is 1.80. The maximum Gasteiger partial charge on any atom is 0.433 e. The second-order valence-electron chi connectivity index (χ2n) is 2.61. The van der Waals surface area contributed by atoms with Crippen molar-refractivity contribution >= 4 is 21.7 Å². The molecule has 1 aromatic rings. The molecule has 0 saturated heterocycles. The third kappa shape index (κ3) is 2.54. The largest absolute Gasteiger partial charge is 0.433 e. The molecule has 0 spiro atoms. The summed E-state index contributed by atoms with van der Waals surface area (Å²) in [6, 6.07) is 1.03. The number of hydrogen-bond donors (Lipinski definition) is 0. The number of aryl methyl sites for hydroxylation is 1. The summed E-state index contributed by atoms with van der Waals surface area (Å²) >= 11 is 0. The minimum absolute atomic E-state index is 0.501. The first kappa shape index (κ1) is 11.7. The molecule has 1 rings (SSSR count). The molecule has 0 unspecified atom stereocenters. The van der Waals surface area contributed by atoms with Crippen LogP contribution in [0.2, 0.25) is 0 Å². The lowest BCUT2D eigenvalue weighted by atomic mass is 10.2. The summed E-state index contributed by atoms with van der Waals surface area (Å²) in [6.07, 6.45) is -2.74. The molecule has 0 amide bonds. The monoisotopic (exact) mass is 241 g/mol. The van der Waals surface area contributed by atoms with Gasteiger partial charge in [0.1, 0.15) is 5.69 Å². The third-order valence-corrected chi connectivity index (χ3v) is 2.74. The molecular weight excluding hydrogens is 235 g/mol. The highest BCUT2D eigenvalue weighted by molar-refractivity contribution is 8.21. The van der Waals surface area contributed by atoms with Crippen LogP contribution < -0.4 is 0 Å². The van der Waals surface area contributed by atoms with Crippen molar-refractivity contribution in [2.45, 2.75) is 24.4 Å². The SMILES string of the molecule is CCc1cc(C(F)(F)F)ncc1SCl. The normalized spacial score (nSPS) is 11.8. The number of halogens is 4. The topological polar surface area (TPSA) is 12.9 Å². The number of alkyl halides is 3. The Kier molecular flexibility index (Phi) is 3.66. The molecule has 6 heteroatoms. The van der Waals surface area contributed by atoms with Gasteiger partial charge in [-0.15, -0.1) is 0 Å². The molecule has 0 N–H and O–H groups in total. The average Bonchev–Trinajstić information content (AvgIpc) is 2.15. The quantitative estimate of drug-likeness (QED) is 0.779. The zero-order valence-corrected chi connectivity index (χ0v) is 8.80. The van der Waals surface area contributed by atoms with Gasteiger partial charge in [0.05, 0.1) is 0 Å². The van der Waals surface area contributed by atoms with Crippen molar-refractivity contribution in [1.29, 1.82) is 0 Å². The predicted molar refractivity (Wildman–Crippen MR) is 50.3 cm³/mol. The Bertz CT molecular complexity index is 327. The molecule has 0 aliphatic carbocycles. The van der Waals surface area contributed by atoms with Gasteiger partial charge in [0.15, 0.2) is 0 Å². The summed E-state index contributed by atoms with van der Waals surface area (Å²) in [5.41, 5.74) is -0.309. The number of rotatable bonds is 2. The van der Waals surface area contributed by atoms with Crippen LogP contribution in [0.15, 0.2) is 17.2 Å². The van der Waals surface area contributed by atoms with E-state index in [1.807, 2.05) is 0 Å². The van der Waals surface area contributed by atoms with E-state index in [4.69, 9.17) is 10.7 Å². The molecule has 0 aliphatic heterocycles. The summed E-state index contributed by atoms with van der Waals surface area (Å²) in [4.78, 5) is 3.87. The Hall–Kier alpha value is -0.420. The second-order valence-corrected chi connectivity index (χ2v) is 3.66. The van der Waals surface area contributed by atoms with Crippen molar-refractivity contribution in [2.75, 3.05) is 0 Å². The highest BCUT2D eigenvalue weighted by Crippen LogP contribution is 2.32. The standard InChI is InChI=1S/C8H7ClF3NS/c1-2-5-3-7(8(10,11)12)13-4-6(5)14-9/h3-4H,2H2,1H3. The molecule has 0 aliphatic rings. The first-order valence-corrected chi connectivity index (χ1v) is 5.48. The summed E-state index contributed by atoms with van der Waals surface area (Å²) in [7, 11) is 6.35. The first-order chi connectivity index (χ1) is 6.49. The van der Waals surface area contributed by atoms with Gasteiger partial charge < -0.3 is 0 Å². The highest BCUT2D eigenvalue weighted by Gasteiger charge is 2.32. The van der Waals surface area contributed by atoms with Gasteiger partial charge >= 0.3 is 6.18 Å². The van der Waals surface area contributed by atoms with Crippen molar-refractivity contribution in [3.8, 4) is 0 Å². The van der Waals surface area contributed by atoms with Gasteiger partial charge in [-0.05, 0) is 39.7 Å². The molecule has 1 heterocycles. The fourth-order valence-electron chi connectivity index (χ4n) is 0.985. The highest BCUT2D eigenvalue weighted by atomic mass is 35.7. The lowest BCUT2D eigenvalue weighted by Gasteiger charge is -2.08. The smallest absolute Gasteiger partial charge is 0.251 e. The van der Waals surface area contributed by atoms with Crippen molar-refractivity contribution < 1.29 is 13.2 Å². The van der Waals surface area contributed by atoms with E-state index in [9.17, 15) is 13.2 Å². The molecule has 14 heavy (non-hydrogen) atoms. The first-order valence-electron chi connectivity index (χ1n) is 3.83. The Morgan fingerprint density at radius 1 is 1.50 bits per heavy atom. The van der Waals surface area contributed by atoms with Crippen LogP contribution >= 0.6 is 21.7 Å². The minimum atomic E-state index is -4.39. The summed E-state index contributed by atoms with van der Waals surface area (Å²) in [6.45, 7) is 1.77. The third-order valence-electron chi connectivity index (χ3n) is 1.70. The van der Waals surface area contributed by atoms with Crippen LogP contribution in [0.25, 0.3) is 0 Å². The molecule has 0 bridgehead atoms. The van der Waals surface area contributed by atoms with Crippen LogP contribution in [0.5, 0.6) is 0 Å². The molecular formula is C8H7ClF3NS. The van der Waals surface area contributed by atoms with Gasteiger partial charge in [0.25, 0.3) is 0 Å². The van der Waals surface area contributed by atoms with Crippen molar-refractivity contribution in [3.05, 3.63) is 23.5 Å². The van der Waals surface area contributed by atoms with Gasteiger partial charge in [-0.25, -0.2) is 0 Å². The molecule has 0 radical (unpaired) electrons. The number of aromatic nitrogens is 1. The molecule has 0 saturated carbocycles. The van der Waals surface area contributed by atoms with E-state index in [0.717, 1.165) is 23.2 Å². The molecule has 0 atom stereocenters. The van der Waals surface area contributed by atoms with Crippen LogP contribution in [0, 0.1) is 0 Å². The van der Waals surface area contributed by atoms with Gasteiger partial charge in [-0.3, -0.25) is 4.98 Å². The average molecular weight is 242 g/mol. The van der Waals surface area contributed by atoms with E-state index in [2.05, 4.69) is 4.98 Å². The van der Waals surface area contributed by atoms with Gasteiger partial charge in [0.2, 0.25) is 0 Å². The van der Waals surface area contributed by atoms with Gasteiger partial charge in [-0.1, -0.05) is 6.92 Å². The van der Waals surface area contributed by atoms with E-state index in [1.54, 1.807) is 6.92 Å². The summed E-state index contributed by atoms with van der Waals surface area (Å²) < 4.78 is 36.7. The van der Waals surface area contributed by atoms with E-state index in [-0.39, 0.29) is 0 Å². The maximum absolute atomic E-state index is 12.2. The van der Waals surface area contributed by atoms with Crippen LogP contribution in [0.4, 0.5) is 13.2 Å². The molecule has 0 fully saturated rings. The van der Waals surface area contributed by atoms with Crippen molar-refractivity contribution in [3.63, 3.8) is 0 Å². The number of pyridine rings is 1. The lowest BCUT2D eigenvalue weighted by Crippen LogP contribution is -2.08. The van der Waals surface area contributed by atoms with Crippen LogP contribution in [0.3, 0.4) is 0 Å². The predicted octanol–water partition coefficient (Wildman–Crippen LogP) is 3.91. The van der Waals surface area contributed by atoms with E-state index in [0.29, 0.717) is 16.9 Å². The Balaban J connectivity index is 3.14. The van der Waals surface area contributed by atoms with Crippen LogP contribution in [0.1, 0.15) is 18.2 Å². The molecule has 1 aromatic heterocycles. The summed E-state index contributed by atoms with van der Waals surface area (Å²) in [5, 5.41) is 0. The lowest BCUT2D eigenvalue weighted by molar-refractivity contribution is -0.141. The Labute approximate surface area is 88.2 Å². The van der Waals surface area contributed by atoms with Gasteiger partial charge in [0, 0.05) is 11.1 Å². The van der Waals surface area contributed by atoms with Crippen LogP contribution in [-0.2, 0) is 12.6 Å². The maximum atomic E-state index is 12.2. The van der Waals surface area contributed by atoms with E-state index >= 15 is 0 Å². The molecule has 1 nitrogen and oxygen atoms in total.